The highest BCUT2D eigenvalue weighted by molar-refractivity contribution is 5.95. The summed E-state index contributed by atoms with van der Waals surface area (Å²) in [7, 11) is 0. The smallest absolute Gasteiger partial charge is 0.435 e. The Morgan fingerprint density at radius 3 is 2.55 bits per heavy atom. The molecule has 0 aliphatic rings. The molecule has 0 aliphatic heterocycles. The number of nitro groups is 1. The highest BCUT2D eigenvalue weighted by Gasteiger charge is 2.20. The molecule has 1 N–H and O–H groups in total. The zero-order chi connectivity index (χ0) is 28.6. The van der Waals surface area contributed by atoms with E-state index in [1.807, 2.05) is 0 Å². The van der Waals surface area contributed by atoms with Crippen LogP contribution in [0.25, 0.3) is 33.2 Å². The van der Waals surface area contributed by atoms with Crippen LogP contribution in [0.4, 0.5) is 22.0 Å². The summed E-state index contributed by atoms with van der Waals surface area (Å²) >= 11 is 0. The normalized spacial score (nSPS) is 11.4. The molecule has 0 aliphatic carbocycles. The van der Waals surface area contributed by atoms with Gasteiger partial charge in [-0.15, -0.1) is 0 Å². The van der Waals surface area contributed by atoms with Gasteiger partial charge in [-0.3, -0.25) is 14.9 Å². The third-order valence-corrected chi connectivity index (χ3v) is 5.64. The van der Waals surface area contributed by atoms with Crippen LogP contribution in [0, 0.1) is 10.1 Å². The van der Waals surface area contributed by atoms with E-state index in [1.165, 1.54) is 23.7 Å². The van der Waals surface area contributed by atoms with Gasteiger partial charge < -0.3 is 14.8 Å². The number of hydrogen-bond acceptors (Lipinski definition) is 10. The van der Waals surface area contributed by atoms with Crippen molar-refractivity contribution in [1.82, 2.24) is 19.7 Å². The van der Waals surface area contributed by atoms with E-state index in [9.17, 15) is 19.7 Å². The number of benzene rings is 3. The lowest BCUT2D eigenvalue weighted by atomic mass is 10.1. The van der Waals surface area contributed by atoms with E-state index in [2.05, 4.69) is 20.4 Å². The molecule has 5 aromatic rings. The van der Waals surface area contributed by atoms with Crippen LogP contribution in [-0.4, -0.2) is 42.3 Å². The van der Waals surface area contributed by atoms with Gasteiger partial charge in [-0.05, 0) is 57.2 Å². The van der Waals surface area contributed by atoms with Crippen molar-refractivity contribution in [3.63, 3.8) is 0 Å². The van der Waals surface area contributed by atoms with E-state index in [0.29, 0.717) is 44.6 Å². The van der Waals surface area contributed by atoms with Crippen LogP contribution < -0.4 is 10.1 Å². The molecule has 2 aromatic heterocycles. The Labute approximate surface area is 227 Å². The number of aromatic nitrogens is 4. The predicted molar refractivity (Wildman–Crippen MR) is 148 cm³/mol. The summed E-state index contributed by atoms with van der Waals surface area (Å²) in [6.07, 6.45) is 0.958. The third-order valence-electron chi connectivity index (χ3n) is 5.64. The van der Waals surface area contributed by atoms with Gasteiger partial charge >= 0.3 is 12.1 Å². The summed E-state index contributed by atoms with van der Waals surface area (Å²) in [6, 6.07) is 16.2. The van der Waals surface area contributed by atoms with Gasteiger partial charge in [0.05, 0.1) is 22.2 Å². The van der Waals surface area contributed by atoms with E-state index >= 15 is 0 Å². The average Bonchev–Trinajstić information content (AvgIpc) is 3.31. The van der Waals surface area contributed by atoms with E-state index in [4.69, 9.17) is 9.47 Å². The summed E-state index contributed by atoms with van der Waals surface area (Å²) in [6.45, 7) is 6.64. The lowest BCUT2D eigenvalue weighted by Crippen LogP contribution is -2.27. The van der Waals surface area contributed by atoms with Crippen LogP contribution in [0.3, 0.4) is 0 Å². The zero-order valence-corrected chi connectivity index (χ0v) is 22.0. The minimum absolute atomic E-state index is 0.0895. The van der Waals surface area contributed by atoms with Crippen molar-refractivity contribution < 1.29 is 24.0 Å². The Morgan fingerprint density at radius 1 is 1.02 bits per heavy atom. The number of fused-ring (bicyclic) bond motifs is 2. The van der Waals surface area contributed by atoms with Gasteiger partial charge in [0.1, 0.15) is 17.2 Å². The summed E-state index contributed by atoms with van der Waals surface area (Å²) in [5.74, 6) is 0.469. The van der Waals surface area contributed by atoms with Gasteiger partial charge in [-0.2, -0.15) is 9.78 Å². The Balaban J connectivity index is 1.58. The Morgan fingerprint density at radius 2 is 1.82 bits per heavy atom. The van der Waals surface area contributed by atoms with Crippen LogP contribution in [-0.2, 0) is 9.53 Å². The molecule has 2 heterocycles. The van der Waals surface area contributed by atoms with E-state index in [1.54, 1.807) is 75.5 Å². The average molecular weight is 541 g/mol. The van der Waals surface area contributed by atoms with Gasteiger partial charge in [0, 0.05) is 41.1 Å². The number of nitrogens with zero attached hydrogens (tertiary/aromatic N) is 5. The fourth-order valence-corrected chi connectivity index (χ4v) is 4.02. The molecule has 0 spiro atoms. The van der Waals surface area contributed by atoms with Crippen molar-refractivity contribution in [2.45, 2.75) is 33.3 Å². The number of ether oxygens (including phenoxy) is 2. The number of carbonyl (C=O) groups is 2. The van der Waals surface area contributed by atoms with Crippen LogP contribution in [0.15, 0.2) is 66.9 Å². The molecule has 12 nitrogen and oxygen atoms in total. The fraction of sp³-hybridized carbons (Fsp3) is 0.179. The van der Waals surface area contributed by atoms with Gasteiger partial charge in [0.15, 0.2) is 5.82 Å². The molecule has 202 valence electrons. The lowest BCUT2D eigenvalue weighted by molar-refractivity contribution is -0.384. The van der Waals surface area contributed by atoms with Gasteiger partial charge in [-0.25, -0.2) is 14.8 Å². The largest absolute Gasteiger partial charge is 0.442 e. The molecule has 0 radical (unpaired) electrons. The SMILES string of the molecule is CC(=O)Oc1ccc2nc(-c3cccc([N+](=O)[O-])c3)nc(Nc3ccc4c(cnn4C(=O)OC(C)(C)C)c3)c2c1. The van der Waals surface area contributed by atoms with Gasteiger partial charge in [0.25, 0.3) is 5.69 Å². The Hall–Kier alpha value is -5.39. The van der Waals surface area contributed by atoms with Gasteiger partial charge in [0.2, 0.25) is 0 Å². The summed E-state index contributed by atoms with van der Waals surface area (Å²) in [5.41, 5.74) is 1.40. The third kappa shape index (κ3) is 5.55. The second-order valence-corrected chi connectivity index (χ2v) is 9.91. The maximum Gasteiger partial charge on any atom is 0.435 e. The maximum absolute atomic E-state index is 12.6. The minimum atomic E-state index is -0.674. The molecule has 0 bridgehead atoms. The highest BCUT2D eigenvalue weighted by Crippen LogP contribution is 2.32. The molecule has 3 aromatic carbocycles. The number of nitrogens with one attached hydrogen (secondary N) is 1. The van der Waals surface area contributed by atoms with Crippen molar-refractivity contribution >= 4 is 51.1 Å². The first kappa shape index (κ1) is 26.2. The second-order valence-electron chi connectivity index (χ2n) is 9.91. The lowest BCUT2D eigenvalue weighted by Gasteiger charge is -2.19. The molecule has 5 rings (SSSR count). The van der Waals surface area contributed by atoms with Crippen molar-refractivity contribution in [3.05, 3.63) is 77.0 Å². The predicted octanol–water partition coefficient (Wildman–Crippen LogP) is 6.01. The van der Waals surface area contributed by atoms with Gasteiger partial charge in [-0.1, -0.05) is 12.1 Å². The fourth-order valence-electron chi connectivity index (χ4n) is 4.02. The van der Waals surface area contributed by atoms with Crippen LogP contribution in [0.5, 0.6) is 5.75 Å². The molecule has 0 amide bonds. The molecule has 0 atom stereocenters. The zero-order valence-electron chi connectivity index (χ0n) is 22.0. The van der Waals surface area contributed by atoms with E-state index < -0.39 is 22.6 Å². The molecule has 40 heavy (non-hydrogen) atoms. The molecular formula is C28H24N6O6. The molecule has 0 saturated heterocycles. The first-order chi connectivity index (χ1) is 19.0. The van der Waals surface area contributed by atoms with E-state index in [-0.39, 0.29) is 11.5 Å². The van der Waals surface area contributed by atoms with Crippen LogP contribution >= 0.6 is 0 Å². The number of esters is 1. The number of anilines is 2. The number of rotatable bonds is 5. The van der Waals surface area contributed by atoms with Crippen molar-refractivity contribution in [2.75, 3.05) is 5.32 Å². The molecule has 12 heteroatoms. The Bertz CT molecular complexity index is 1810. The standard InChI is InChI=1S/C28H24N6O6/c1-16(35)39-21-9-10-23-22(14-21)26(32-25(31-23)17-6-5-7-20(13-17)34(37)38)30-19-8-11-24-18(12-19)15-29-33(24)27(36)40-28(2,3)4/h5-15H,1-4H3,(H,30,31,32). The van der Waals surface area contributed by atoms with Crippen molar-refractivity contribution in [3.8, 4) is 17.1 Å². The number of carbonyl (C=O) groups excluding carboxylic acids is 2. The summed E-state index contributed by atoms with van der Waals surface area (Å²) in [4.78, 5) is 44.2. The number of non-ortho nitro benzene ring substituents is 1. The highest BCUT2D eigenvalue weighted by atomic mass is 16.6. The maximum atomic E-state index is 12.6. The monoisotopic (exact) mass is 540 g/mol. The minimum Gasteiger partial charge on any atom is -0.442 e. The Kier molecular flexibility index (Phi) is 6.59. The van der Waals surface area contributed by atoms with Crippen LogP contribution in [0.1, 0.15) is 27.7 Å². The van der Waals surface area contributed by atoms with E-state index in [0.717, 1.165) is 0 Å². The first-order valence-electron chi connectivity index (χ1n) is 12.2. The number of nitro benzene ring substituents is 1. The molecule has 0 fully saturated rings. The molecule has 0 unspecified atom stereocenters. The molecular weight excluding hydrogens is 516 g/mol. The second kappa shape index (κ2) is 10.1. The van der Waals surface area contributed by atoms with Crippen molar-refractivity contribution in [1.29, 1.82) is 0 Å². The molecule has 0 saturated carbocycles. The topological polar surface area (TPSA) is 151 Å². The quantitative estimate of drug-likeness (QED) is 0.121. The summed E-state index contributed by atoms with van der Waals surface area (Å²) < 4.78 is 11.9. The summed E-state index contributed by atoms with van der Waals surface area (Å²) in [5, 5.41) is 20.0. The number of hydrogen-bond donors (Lipinski definition) is 1. The van der Waals surface area contributed by atoms with Crippen molar-refractivity contribution in [2.24, 2.45) is 0 Å². The van der Waals surface area contributed by atoms with Crippen LogP contribution in [0.2, 0.25) is 0 Å². The first-order valence-corrected chi connectivity index (χ1v) is 12.2.